The monoisotopic (exact) mass is 330 g/mol. The quantitative estimate of drug-likeness (QED) is 0.782. The van der Waals surface area contributed by atoms with Gasteiger partial charge >= 0.3 is 0 Å². The third-order valence-corrected chi connectivity index (χ3v) is 5.15. The minimum absolute atomic E-state index is 0.0193. The van der Waals surface area contributed by atoms with Crippen molar-refractivity contribution in [3.05, 3.63) is 29.3 Å². The molecule has 0 saturated carbocycles. The Labute approximate surface area is 145 Å². The molecule has 24 heavy (non-hydrogen) atoms. The van der Waals surface area contributed by atoms with Crippen molar-refractivity contribution >= 4 is 5.91 Å². The maximum Gasteiger partial charge on any atom is 0.260 e. The molecule has 4 heteroatoms. The van der Waals surface area contributed by atoms with Crippen LogP contribution < -0.4 is 10.1 Å². The molecular weight excluding hydrogens is 300 g/mol. The van der Waals surface area contributed by atoms with Gasteiger partial charge in [-0.15, -0.1) is 0 Å². The number of ether oxygens (including phenoxy) is 1. The summed E-state index contributed by atoms with van der Waals surface area (Å²) < 4.78 is 5.85. The SMILES string of the molecule is C[C@H](Oc1ccc2c(c1)CCCC2)C(=O)NCCCN1CCCC1. The number of carbonyl (C=O) groups excluding carboxylic acids is 1. The maximum absolute atomic E-state index is 12.2. The molecule has 1 aromatic rings. The van der Waals surface area contributed by atoms with E-state index in [0.717, 1.165) is 31.7 Å². The van der Waals surface area contributed by atoms with Gasteiger partial charge in [-0.1, -0.05) is 6.07 Å². The van der Waals surface area contributed by atoms with Crippen molar-refractivity contribution in [2.45, 2.75) is 58.0 Å². The van der Waals surface area contributed by atoms with E-state index in [4.69, 9.17) is 4.74 Å². The zero-order valence-electron chi connectivity index (χ0n) is 14.9. The Kier molecular flexibility index (Phi) is 6.13. The summed E-state index contributed by atoms with van der Waals surface area (Å²) in [5.41, 5.74) is 2.82. The van der Waals surface area contributed by atoms with Crippen LogP contribution in [0.25, 0.3) is 0 Å². The van der Waals surface area contributed by atoms with Crippen LogP contribution in [0.4, 0.5) is 0 Å². The number of nitrogens with one attached hydrogen (secondary N) is 1. The van der Waals surface area contributed by atoms with Gasteiger partial charge in [-0.2, -0.15) is 0 Å². The fourth-order valence-corrected chi connectivity index (χ4v) is 3.70. The highest BCUT2D eigenvalue weighted by molar-refractivity contribution is 5.80. The molecule has 0 radical (unpaired) electrons. The molecule has 1 heterocycles. The Hall–Kier alpha value is -1.55. The largest absolute Gasteiger partial charge is 0.481 e. The summed E-state index contributed by atoms with van der Waals surface area (Å²) in [5.74, 6) is 0.796. The number of hydrogen-bond acceptors (Lipinski definition) is 3. The van der Waals surface area contributed by atoms with Crippen molar-refractivity contribution < 1.29 is 9.53 Å². The molecule has 0 spiro atoms. The van der Waals surface area contributed by atoms with Crippen LogP contribution >= 0.6 is 0 Å². The number of nitrogens with zero attached hydrogens (tertiary/aromatic N) is 1. The van der Waals surface area contributed by atoms with E-state index >= 15 is 0 Å². The molecule has 3 rings (SSSR count). The molecular formula is C20H30N2O2. The summed E-state index contributed by atoms with van der Waals surface area (Å²) in [6.07, 6.45) is 8.03. The standard InChI is InChI=1S/C20H30N2O2/c1-16(20(23)21-11-6-14-22-12-4-5-13-22)24-19-10-9-17-7-2-3-8-18(17)15-19/h9-10,15-16H,2-8,11-14H2,1H3,(H,21,23)/t16-/m0/s1. The lowest BCUT2D eigenvalue weighted by atomic mass is 9.92. The van der Waals surface area contributed by atoms with E-state index in [0.29, 0.717) is 0 Å². The topological polar surface area (TPSA) is 41.6 Å². The number of fused-ring (bicyclic) bond motifs is 1. The molecule has 1 N–H and O–H groups in total. The molecule has 0 bridgehead atoms. The second-order valence-electron chi connectivity index (χ2n) is 7.09. The van der Waals surface area contributed by atoms with Gasteiger partial charge in [0.05, 0.1) is 0 Å². The molecule has 2 aliphatic rings. The molecule has 1 amide bonds. The van der Waals surface area contributed by atoms with Crippen LogP contribution in [-0.2, 0) is 17.6 Å². The zero-order chi connectivity index (χ0) is 16.8. The fourth-order valence-electron chi connectivity index (χ4n) is 3.70. The fraction of sp³-hybridized carbons (Fsp3) is 0.650. The smallest absolute Gasteiger partial charge is 0.260 e. The van der Waals surface area contributed by atoms with Crippen LogP contribution in [0, 0.1) is 0 Å². The number of hydrogen-bond donors (Lipinski definition) is 1. The average Bonchev–Trinajstić information content (AvgIpc) is 3.12. The van der Waals surface area contributed by atoms with Crippen LogP contribution in [0.3, 0.4) is 0 Å². The highest BCUT2D eigenvalue weighted by atomic mass is 16.5. The first-order valence-electron chi connectivity index (χ1n) is 9.51. The summed E-state index contributed by atoms with van der Waals surface area (Å²) >= 11 is 0. The number of amides is 1. The first-order valence-corrected chi connectivity index (χ1v) is 9.51. The summed E-state index contributed by atoms with van der Waals surface area (Å²) in [7, 11) is 0. The van der Waals surface area contributed by atoms with E-state index in [1.54, 1.807) is 0 Å². The van der Waals surface area contributed by atoms with Gasteiger partial charge in [-0.3, -0.25) is 4.79 Å². The Morgan fingerprint density at radius 3 is 2.71 bits per heavy atom. The predicted molar refractivity (Wildman–Crippen MR) is 96.5 cm³/mol. The lowest BCUT2D eigenvalue weighted by molar-refractivity contribution is -0.127. The van der Waals surface area contributed by atoms with E-state index in [9.17, 15) is 4.79 Å². The highest BCUT2D eigenvalue weighted by Gasteiger charge is 2.16. The van der Waals surface area contributed by atoms with Crippen molar-refractivity contribution in [3.8, 4) is 5.75 Å². The van der Waals surface area contributed by atoms with Crippen molar-refractivity contribution in [1.29, 1.82) is 0 Å². The van der Waals surface area contributed by atoms with E-state index in [2.05, 4.69) is 22.3 Å². The Morgan fingerprint density at radius 2 is 1.92 bits per heavy atom. The van der Waals surface area contributed by atoms with Crippen molar-refractivity contribution in [2.24, 2.45) is 0 Å². The van der Waals surface area contributed by atoms with Crippen LogP contribution in [0.15, 0.2) is 18.2 Å². The van der Waals surface area contributed by atoms with Gasteiger partial charge in [0, 0.05) is 6.54 Å². The van der Waals surface area contributed by atoms with E-state index in [1.807, 2.05) is 13.0 Å². The minimum atomic E-state index is -0.446. The summed E-state index contributed by atoms with van der Waals surface area (Å²) in [6.45, 7) is 6.07. The second-order valence-corrected chi connectivity index (χ2v) is 7.09. The number of rotatable bonds is 7. The maximum atomic E-state index is 12.2. The third-order valence-electron chi connectivity index (χ3n) is 5.15. The molecule has 1 atom stereocenters. The van der Waals surface area contributed by atoms with E-state index in [1.165, 1.54) is 56.3 Å². The highest BCUT2D eigenvalue weighted by Crippen LogP contribution is 2.25. The minimum Gasteiger partial charge on any atom is -0.481 e. The van der Waals surface area contributed by atoms with E-state index in [-0.39, 0.29) is 5.91 Å². The number of aryl methyl sites for hydroxylation is 2. The third kappa shape index (κ3) is 4.73. The summed E-state index contributed by atoms with van der Waals surface area (Å²) in [6, 6.07) is 6.28. The van der Waals surface area contributed by atoms with Crippen LogP contribution in [0.5, 0.6) is 5.75 Å². The molecule has 132 valence electrons. The second kappa shape index (κ2) is 8.52. The van der Waals surface area contributed by atoms with Gasteiger partial charge in [0.1, 0.15) is 5.75 Å². The molecule has 1 aromatic carbocycles. The Bertz CT molecular complexity index is 553. The number of benzene rings is 1. The molecule has 1 aliphatic heterocycles. The lowest BCUT2D eigenvalue weighted by Crippen LogP contribution is -2.37. The molecule has 4 nitrogen and oxygen atoms in total. The van der Waals surface area contributed by atoms with Gasteiger partial charge in [0.25, 0.3) is 5.91 Å². The number of carbonyl (C=O) groups is 1. The van der Waals surface area contributed by atoms with Crippen LogP contribution in [-0.4, -0.2) is 43.1 Å². The molecule has 1 aliphatic carbocycles. The van der Waals surface area contributed by atoms with Gasteiger partial charge in [0.2, 0.25) is 0 Å². The Morgan fingerprint density at radius 1 is 1.17 bits per heavy atom. The normalized spacial score (nSPS) is 18.9. The van der Waals surface area contributed by atoms with E-state index < -0.39 is 6.10 Å². The molecule has 0 unspecified atom stereocenters. The molecule has 1 fully saturated rings. The van der Waals surface area contributed by atoms with Crippen molar-refractivity contribution in [3.63, 3.8) is 0 Å². The van der Waals surface area contributed by atoms with Crippen molar-refractivity contribution in [2.75, 3.05) is 26.2 Å². The molecule has 1 saturated heterocycles. The van der Waals surface area contributed by atoms with Gasteiger partial charge < -0.3 is 15.0 Å². The average molecular weight is 330 g/mol. The van der Waals surface area contributed by atoms with Crippen LogP contribution in [0.1, 0.15) is 50.2 Å². The van der Waals surface area contributed by atoms with Gasteiger partial charge in [0.15, 0.2) is 6.10 Å². The number of likely N-dealkylation sites (tertiary alicyclic amines) is 1. The van der Waals surface area contributed by atoms with Gasteiger partial charge in [-0.05, 0) is 94.8 Å². The predicted octanol–water partition coefficient (Wildman–Crippen LogP) is 2.93. The molecule has 0 aromatic heterocycles. The first-order chi connectivity index (χ1) is 11.7. The zero-order valence-corrected chi connectivity index (χ0v) is 14.9. The Balaban J connectivity index is 1.40. The summed E-state index contributed by atoms with van der Waals surface area (Å²) in [5, 5.41) is 3.00. The van der Waals surface area contributed by atoms with Crippen molar-refractivity contribution in [1.82, 2.24) is 10.2 Å². The summed E-state index contributed by atoms with van der Waals surface area (Å²) in [4.78, 5) is 14.7. The lowest BCUT2D eigenvalue weighted by Gasteiger charge is -2.19. The van der Waals surface area contributed by atoms with Crippen LogP contribution in [0.2, 0.25) is 0 Å². The van der Waals surface area contributed by atoms with Gasteiger partial charge in [-0.25, -0.2) is 0 Å². The first kappa shape index (κ1) is 17.3.